The molecule has 0 bridgehead atoms. The molecule has 0 aliphatic heterocycles. The number of anilines is 1. The summed E-state index contributed by atoms with van der Waals surface area (Å²) in [6.07, 6.45) is 0. The van der Waals surface area contributed by atoms with E-state index in [9.17, 15) is 9.50 Å². The van der Waals surface area contributed by atoms with Crippen LogP contribution < -0.4 is 5.32 Å². The lowest BCUT2D eigenvalue weighted by molar-refractivity contribution is 0.0786. The minimum Gasteiger partial charge on any atom is -0.386 e. The first-order chi connectivity index (χ1) is 5.95. The molecule has 0 aliphatic rings. The highest BCUT2D eigenvalue weighted by Gasteiger charge is 2.16. The molecule has 0 saturated carbocycles. The molecule has 0 amide bonds. The SMILES string of the molecule is CNc1cc(C(C)(C)O)ccc1F. The summed E-state index contributed by atoms with van der Waals surface area (Å²) in [4.78, 5) is 0. The predicted octanol–water partition coefficient (Wildman–Crippen LogP) is 2.09. The molecule has 0 unspecified atom stereocenters. The van der Waals surface area contributed by atoms with Gasteiger partial charge in [0.05, 0.1) is 11.3 Å². The molecular formula is C10H14FNO. The molecule has 0 radical (unpaired) electrons. The van der Waals surface area contributed by atoms with Crippen LogP contribution in [0.15, 0.2) is 18.2 Å². The monoisotopic (exact) mass is 183 g/mol. The third-order valence-electron chi connectivity index (χ3n) is 1.94. The van der Waals surface area contributed by atoms with Gasteiger partial charge in [-0.15, -0.1) is 0 Å². The Morgan fingerprint density at radius 3 is 2.46 bits per heavy atom. The van der Waals surface area contributed by atoms with Gasteiger partial charge < -0.3 is 10.4 Å². The lowest BCUT2D eigenvalue weighted by Gasteiger charge is -2.18. The van der Waals surface area contributed by atoms with Crippen molar-refractivity contribution >= 4 is 5.69 Å². The summed E-state index contributed by atoms with van der Waals surface area (Å²) in [5, 5.41) is 12.4. The predicted molar refractivity (Wildman–Crippen MR) is 51.2 cm³/mol. The summed E-state index contributed by atoms with van der Waals surface area (Å²) in [5.74, 6) is -0.310. The second-order valence-electron chi connectivity index (χ2n) is 3.50. The molecule has 2 nitrogen and oxygen atoms in total. The van der Waals surface area contributed by atoms with E-state index in [-0.39, 0.29) is 5.82 Å². The van der Waals surface area contributed by atoms with Gasteiger partial charge in [-0.1, -0.05) is 6.07 Å². The van der Waals surface area contributed by atoms with Gasteiger partial charge in [-0.25, -0.2) is 4.39 Å². The maximum absolute atomic E-state index is 13.0. The van der Waals surface area contributed by atoms with E-state index in [0.29, 0.717) is 11.3 Å². The van der Waals surface area contributed by atoms with Crippen LogP contribution in [0.2, 0.25) is 0 Å². The van der Waals surface area contributed by atoms with Crippen LogP contribution in [0.3, 0.4) is 0 Å². The van der Waals surface area contributed by atoms with E-state index < -0.39 is 5.60 Å². The summed E-state index contributed by atoms with van der Waals surface area (Å²) in [5.41, 5.74) is 0.164. The molecule has 13 heavy (non-hydrogen) atoms. The molecule has 72 valence electrons. The summed E-state index contributed by atoms with van der Waals surface area (Å²) >= 11 is 0. The zero-order valence-electron chi connectivity index (χ0n) is 8.06. The molecule has 3 heteroatoms. The fourth-order valence-electron chi connectivity index (χ4n) is 1.10. The summed E-state index contributed by atoms with van der Waals surface area (Å²) in [6.45, 7) is 3.33. The van der Waals surface area contributed by atoms with Gasteiger partial charge in [0.1, 0.15) is 5.82 Å². The molecule has 0 heterocycles. The molecule has 1 aromatic carbocycles. The molecule has 2 N–H and O–H groups in total. The Morgan fingerprint density at radius 2 is 2.00 bits per heavy atom. The molecule has 1 aromatic rings. The van der Waals surface area contributed by atoms with Crippen molar-refractivity contribution in [3.8, 4) is 0 Å². The van der Waals surface area contributed by atoms with Crippen LogP contribution in [0, 0.1) is 5.82 Å². The van der Waals surface area contributed by atoms with Gasteiger partial charge in [0, 0.05) is 7.05 Å². The smallest absolute Gasteiger partial charge is 0.146 e. The zero-order chi connectivity index (χ0) is 10.1. The number of nitrogens with one attached hydrogen (secondary N) is 1. The van der Waals surface area contributed by atoms with Gasteiger partial charge in [0.15, 0.2) is 0 Å². The number of hydrogen-bond donors (Lipinski definition) is 2. The molecule has 1 rings (SSSR count). The minimum absolute atomic E-state index is 0.310. The highest BCUT2D eigenvalue weighted by Crippen LogP contribution is 2.24. The third-order valence-corrected chi connectivity index (χ3v) is 1.94. The summed E-state index contributed by atoms with van der Waals surface area (Å²) < 4.78 is 13.0. The number of halogens is 1. The largest absolute Gasteiger partial charge is 0.386 e. The maximum Gasteiger partial charge on any atom is 0.146 e. The number of hydrogen-bond acceptors (Lipinski definition) is 2. The minimum atomic E-state index is -0.931. The third kappa shape index (κ3) is 2.18. The standard InChI is InChI=1S/C10H14FNO/c1-10(2,13)7-4-5-8(11)9(6-7)12-3/h4-6,12-13H,1-3H3. The Hall–Kier alpha value is -1.09. The van der Waals surface area contributed by atoms with Gasteiger partial charge in [-0.3, -0.25) is 0 Å². The fourth-order valence-corrected chi connectivity index (χ4v) is 1.10. The Labute approximate surface area is 77.4 Å². The molecule has 0 atom stereocenters. The van der Waals surface area contributed by atoms with Crippen molar-refractivity contribution in [2.24, 2.45) is 0 Å². The number of rotatable bonds is 2. The zero-order valence-corrected chi connectivity index (χ0v) is 8.06. The van der Waals surface area contributed by atoms with E-state index >= 15 is 0 Å². The molecule has 0 spiro atoms. The Kier molecular flexibility index (Phi) is 2.57. The Balaban J connectivity index is 3.14. The Bertz CT molecular complexity index is 304. The van der Waals surface area contributed by atoms with Gasteiger partial charge in [0.2, 0.25) is 0 Å². The summed E-state index contributed by atoms with van der Waals surface area (Å²) in [6, 6.07) is 4.53. The highest BCUT2D eigenvalue weighted by atomic mass is 19.1. The van der Waals surface area contributed by atoms with Crippen molar-refractivity contribution in [1.82, 2.24) is 0 Å². The van der Waals surface area contributed by atoms with Gasteiger partial charge >= 0.3 is 0 Å². The molecule has 0 saturated heterocycles. The topological polar surface area (TPSA) is 32.3 Å². The van der Waals surface area contributed by atoms with Gasteiger partial charge in [-0.05, 0) is 31.5 Å². The first kappa shape index (κ1) is 9.99. The van der Waals surface area contributed by atoms with Crippen molar-refractivity contribution in [2.75, 3.05) is 12.4 Å². The van der Waals surface area contributed by atoms with Crippen LogP contribution in [0.5, 0.6) is 0 Å². The van der Waals surface area contributed by atoms with Crippen molar-refractivity contribution in [3.05, 3.63) is 29.6 Å². The second kappa shape index (κ2) is 3.34. The fraction of sp³-hybridized carbons (Fsp3) is 0.400. The van der Waals surface area contributed by atoms with E-state index in [2.05, 4.69) is 5.32 Å². The average molecular weight is 183 g/mol. The quantitative estimate of drug-likeness (QED) is 0.735. The van der Waals surface area contributed by atoms with E-state index in [1.165, 1.54) is 6.07 Å². The maximum atomic E-state index is 13.0. The van der Waals surface area contributed by atoms with Gasteiger partial charge in [-0.2, -0.15) is 0 Å². The average Bonchev–Trinajstić information content (AvgIpc) is 2.03. The van der Waals surface area contributed by atoms with E-state index in [1.54, 1.807) is 33.0 Å². The highest BCUT2D eigenvalue weighted by molar-refractivity contribution is 5.47. The van der Waals surface area contributed by atoms with Crippen LogP contribution in [-0.2, 0) is 5.60 Å². The van der Waals surface area contributed by atoms with E-state index in [4.69, 9.17) is 0 Å². The molecule has 0 fully saturated rings. The van der Waals surface area contributed by atoms with Gasteiger partial charge in [0.25, 0.3) is 0 Å². The first-order valence-corrected chi connectivity index (χ1v) is 4.15. The van der Waals surface area contributed by atoms with Crippen LogP contribution >= 0.6 is 0 Å². The van der Waals surface area contributed by atoms with E-state index in [1.807, 2.05) is 0 Å². The summed E-state index contributed by atoms with van der Waals surface area (Å²) in [7, 11) is 1.65. The second-order valence-corrected chi connectivity index (χ2v) is 3.50. The lowest BCUT2D eigenvalue weighted by atomic mass is 9.98. The molecular weight excluding hydrogens is 169 g/mol. The van der Waals surface area contributed by atoms with Crippen LogP contribution in [0.1, 0.15) is 19.4 Å². The van der Waals surface area contributed by atoms with Crippen molar-refractivity contribution in [2.45, 2.75) is 19.4 Å². The van der Waals surface area contributed by atoms with Crippen molar-refractivity contribution in [3.63, 3.8) is 0 Å². The van der Waals surface area contributed by atoms with Crippen LogP contribution in [0.4, 0.5) is 10.1 Å². The molecule has 0 aromatic heterocycles. The van der Waals surface area contributed by atoms with Crippen LogP contribution in [0.25, 0.3) is 0 Å². The van der Waals surface area contributed by atoms with Crippen molar-refractivity contribution < 1.29 is 9.50 Å². The number of benzene rings is 1. The molecule has 0 aliphatic carbocycles. The lowest BCUT2D eigenvalue weighted by Crippen LogP contribution is -2.15. The van der Waals surface area contributed by atoms with E-state index in [0.717, 1.165) is 0 Å². The number of aliphatic hydroxyl groups is 1. The first-order valence-electron chi connectivity index (χ1n) is 4.15. The Morgan fingerprint density at radius 1 is 1.38 bits per heavy atom. The van der Waals surface area contributed by atoms with Crippen LogP contribution in [-0.4, -0.2) is 12.2 Å². The normalized spacial score (nSPS) is 11.5. The van der Waals surface area contributed by atoms with Crippen molar-refractivity contribution in [1.29, 1.82) is 0 Å².